The van der Waals surface area contributed by atoms with E-state index in [2.05, 4.69) is 10.2 Å². The Morgan fingerprint density at radius 1 is 0.886 bits per heavy atom. The fourth-order valence-corrected chi connectivity index (χ4v) is 4.09. The third kappa shape index (κ3) is 6.20. The highest BCUT2D eigenvalue weighted by molar-refractivity contribution is 6.04. The minimum atomic E-state index is -4.44. The maximum absolute atomic E-state index is 12.7. The first kappa shape index (κ1) is 24.3. The SMILES string of the molecule is Cc1cccc(CC(=O)N2CCN(c3ccc(NC(=O)c4ccc(C(F)(F)F)cc4)cc3)CC2)c1. The van der Waals surface area contributed by atoms with Gasteiger partial charge in [-0.2, -0.15) is 13.2 Å². The van der Waals surface area contributed by atoms with Gasteiger partial charge in [0.1, 0.15) is 0 Å². The number of carbonyl (C=O) groups excluding carboxylic acids is 2. The Bertz CT molecular complexity index is 1180. The fraction of sp³-hybridized carbons (Fsp3) is 0.259. The minimum absolute atomic E-state index is 0.122. The Hall–Kier alpha value is -3.81. The smallest absolute Gasteiger partial charge is 0.368 e. The van der Waals surface area contributed by atoms with Gasteiger partial charge >= 0.3 is 6.18 Å². The van der Waals surface area contributed by atoms with Gasteiger partial charge in [-0.25, -0.2) is 0 Å². The molecule has 2 amide bonds. The molecule has 0 aliphatic carbocycles. The molecule has 0 aromatic heterocycles. The number of anilines is 2. The first-order valence-electron chi connectivity index (χ1n) is 11.4. The number of aryl methyl sites for hydroxylation is 1. The van der Waals surface area contributed by atoms with Gasteiger partial charge in [-0.3, -0.25) is 9.59 Å². The molecule has 1 saturated heterocycles. The summed E-state index contributed by atoms with van der Waals surface area (Å²) in [6, 6.07) is 19.4. The second-order valence-corrected chi connectivity index (χ2v) is 8.61. The second-order valence-electron chi connectivity index (χ2n) is 8.61. The lowest BCUT2D eigenvalue weighted by Gasteiger charge is -2.36. The largest absolute Gasteiger partial charge is 0.416 e. The van der Waals surface area contributed by atoms with Crippen molar-refractivity contribution < 1.29 is 22.8 Å². The molecular formula is C27H26F3N3O2. The number of alkyl halides is 3. The van der Waals surface area contributed by atoms with Crippen molar-refractivity contribution in [3.63, 3.8) is 0 Å². The van der Waals surface area contributed by atoms with Crippen LogP contribution in [0.3, 0.4) is 0 Å². The van der Waals surface area contributed by atoms with E-state index in [1.165, 1.54) is 0 Å². The standard InChI is InChI=1S/C27H26F3N3O2/c1-19-3-2-4-20(17-19)18-25(34)33-15-13-32(14-16-33)24-11-9-23(10-12-24)31-26(35)21-5-7-22(8-6-21)27(28,29)30/h2-12,17H,13-16,18H2,1H3,(H,31,35). The highest BCUT2D eigenvalue weighted by Crippen LogP contribution is 2.29. The van der Waals surface area contributed by atoms with Crippen LogP contribution in [0.5, 0.6) is 0 Å². The van der Waals surface area contributed by atoms with Crippen LogP contribution in [0.1, 0.15) is 27.0 Å². The molecule has 35 heavy (non-hydrogen) atoms. The van der Waals surface area contributed by atoms with Crippen molar-refractivity contribution in [2.75, 3.05) is 36.4 Å². The molecule has 3 aromatic rings. The number of hydrogen-bond acceptors (Lipinski definition) is 3. The molecule has 0 atom stereocenters. The molecule has 5 nitrogen and oxygen atoms in total. The Morgan fingerprint density at radius 2 is 1.54 bits per heavy atom. The van der Waals surface area contributed by atoms with Gasteiger partial charge in [-0.1, -0.05) is 29.8 Å². The van der Waals surface area contributed by atoms with Gasteiger partial charge in [0.25, 0.3) is 5.91 Å². The highest BCUT2D eigenvalue weighted by Gasteiger charge is 2.30. The third-order valence-electron chi connectivity index (χ3n) is 6.03. The van der Waals surface area contributed by atoms with Crippen LogP contribution in [0.4, 0.5) is 24.5 Å². The number of halogens is 3. The van der Waals surface area contributed by atoms with E-state index in [-0.39, 0.29) is 11.5 Å². The maximum Gasteiger partial charge on any atom is 0.416 e. The molecule has 1 aliphatic heterocycles. The number of nitrogens with one attached hydrogen (secondary N) is 1. The van der Waals surface area contributed by atoms with Crippen molar-refractivity contribution in [2.45, 2.75) is 19.5 Å². The number of carbonyl (C=O) groups is 2. The average molecular weight is 482 g/mol. The molecule has 0 spiro atoms. The number of rotatable bonds is 5. The van der Waals surface area contributed by atoms with Gasteiger partial charge in [0.05, 0.1) is 12.0 Å². The number of amides is 2. The molecule has 1 N–H and O–H groups in total. The summed E-state index contributed by atoms with van der Waals surface area (Å²) in [6.45, 7) is 4.69. The van der Waals surface area contributed by atoms with Crippen molar-refractivity contribution in [1.82, 2.24) is 4.90 Å². The average Bonchev–Trinajstić information content (AvgIpc) is 2.84. The normalized spacial score (nSPS) is 14.1. The van der Waals surface area contributed by atoms with Gasteiger partial charge in [0.15, 0.2) is 0 Å². The van der Waals surface area contributed by atoms with Gasteiger partial charge in [-0.05, 0) is 61.0 Å². The molecule has 1 aliphatic rings. The molecule has 0 unspecified atom stereocenters. The van der Waals surface area contributed by atoms with Crippen LogP contribution >= 0.6 is 0 Å². The van der Waals surface area contributed by atoms with Crippen LogP contribution in [0.15, 0.2) is 72.8 Å². The molecule has 8 heteroatoms. The molecule has 1 heterocycles. The fourth-order valence-electron chi connectivity index (χ4n) is 4.09. The Labute approximate surface area is 202 Å². The maximum atomic E-state index is 12.7. The van der Waals surface area contributed by atoms with Crippen LogP contribution in [-0.2, 0) is 17.4 Å². The Morgan fingerprint density at radius 3 is 2.14 bits per heavy atom. The summed E-state index contributed by atoms with van der Waals surface area (Å²) in [5, 5.41) is 2.70. The summed E-state index contributed by atoms with van der Waals surface area (Å²) in [4.78, 5) is 29.1. The van der Waals surface area contributed by atoms with Crippen LogP contribution < -0.4 is 10.2 Å². The van der Waals surface area contributed by atoms with Crippen LogP contribution in [0.25, 0.3) is 0 Å². The first-order chi connectivity index (χ1) is 16.7. The summed E-state index contributed by atoms with van der Waals surface area (Å²) < 4.78 is 38.1. The van der Waals surface area contributed by atoms with E-state index in [1.807, 2.05) is 48.2 Å². The van der Waals surface area contributed by atoms with E-state index < -0.39 is 17.6 Å². The highest BCUT2D eigenvalue weighted by atomic mass is 19.4. The van der Waals surface area contributed by atoms with Crippen molar-refractivity contribution in [3.8, 4) is 0 Å². The Kier molecular flexibility index (Phi) is 7.10. The second kappa shape index (κ2) is 10.2. The molecule has 1 fully saturated rings. The van der Waals surface area contributed by atoms with Gasteiger partial charge in [0, 0.05) is 43.1 Å². The van der Waals surface area contributed by atoms with Gasteiger partial charge in [-0.15, -0.1) is 0 Å². The zero-order chi connectivity index (χ0) is 25.0. The van der Waals surface area contributed by atoms with E-state index >= 15 is 0 Å². The van der Waals surface area contributed by atoms with Crippen molar-refractivity contribution in [3.05, 3.63) is 95.1 Å². The summed E-state index contributed by atoms with van der Waals surface area (Å²) in [5.41, 5.74) is 3.03. The zero-order valence-corrected chi connectivity index (χ0v) is 19.3. The zero-order valence-electron chi connectivity index (χ0n) is 19.3. The number of nitrogens with zero attached hydrogens (tertiary/aromatic N) is 2. The van der Waals surface area contributed by atoms with Crippen LogP contribution in [-0.4, -0.2) is 42.9 Å². The van der Waals surface area contributed by atoms with E-state index in [0.29, 0.717) is 38.3 Å². The molecule has 182 valence electrons. The lowest BCUT2D eigenvalue weighted by atomic mass is 10.1. The molecule has 0 bridgehead atoms. The van der Waals surface area contributed by atoms with Crippen LogP contribution in [0, 0.1) is 6.92 Å². The number of hydrogen-bond donors (Lipinski definition) is 1. The summed E-state index contributed by atoms with van der Waals surface area (Å²) >= 11 is 0. The van der Waals surface area contributed by atoms with E-state index in [0.717, 1.165) is 41.1 Å². The third-order valence-corrected chi connectivity index (χ3v) is 6.03. The monoisotopic (exact) mass is 481 g/mol. The minimum Gasteiger partial charge on any atom is -0.368 e. The lowest BCUT2D eigenvalue weighted by Crippen LogP contribution is -2.49. The summed E-state index contributed by atoms with van der Waals surface area (Å²) in [5.74, 6) is -0.358. The van der Waals surface area contributed by atoms with Crippen molar-refractivity contribution in [1.29, 1.82) is 0 Å². The van der Waals surface area contributed by atoms with Crippen molar-refractivity contribution in [2.24, 2.45) is 0 Å². The van der Waals surface area contributed by atoms with E-state index in [1.54, 1.807) is 12.1 Å². The quantitative estimate of drug-likeness (QED) is 0.548. The van der Waals surface area contributed by atoms with E-state index in [4.69, 9.17) is 0 Å². The summed E-state index contributed by atoms with van der Waals surface area (Å²) in [6.07, 6.45) is -4.04. The van der Waals surface area contributed by atoms with Gasteiger partial charge < -0.3 is 15.1 Å². The molecule has 0 saturated carbocycles. The topological polar surface area (TPSA) is 52.7 Å². The molecular weight excluding hydrogens is 455 g/mol. The van der Waals surface area contributed by atoms with Crippen molar-refractivity contribution >= 4 is 23.2 Å². The lowest BCUT2D eigenvalue weighted by molar-refractivity contribution is -0.137. The number of benzene rings is 3. The molecule has 3 aromatic carbocycles. The molecule has 0 radical (unpaired) electrons. The van der Waals surface area contributed by atoms with Gasteiger partial charge in [0.2, 0.25) is 5.91 Å². The predicted molar refractivity (Wildman–Crippen MR) is 130 cm³/mol. The van der Waals surface area contributed by atoms with Crippen LogP contribution in [0.2, 0.25) is 0 Å². The first-order valence-corrected chi connectivity index (χ1v) is 11.4. The molecule has 4 rings (SSSR count). The van der Waals surface area contributed by atoms with E-state index in [9.17, 15) is 22.8 Å². The Balaban J connectivity index is 1.29. The predicted octanol–water partition coefficient (Wildman–Crippen LogP) is 5.16. The summed E-state index contributed by atoms with van der Waals surface area (Å²) in [7, 11) is 0. The number of piperazine rings is 1.